The van der Waals surface area contributed by atoms with Crippen molar-refractivity contribution in [3.63, 3.8) is 0 Å². The summed E-state index contributed by atoms with van der Waals surface area (Å²) in [7, 11) is 0. The van der Waals surface area contributed by atoms with Crippen LogP contribution >= 0.6 is 11.5 Å². The molecule has 0 aromatic carbocycles. The molecule has 1 spiro atoms. The highest BCUT2D eigenvalue weighted by Crippen LogP contribution is 2.35. The fourth-order valence-electron chi connectivity index (χ4n) is 2.18. The molecule has 1 aromatic heterocycles. The van der Waals surface area contributed by atoms with E-state index in [0.717, 1.165) is 26.2 Å². The Bertz CT molecular complexity index is 310. The fraction of sp³-hybridized carbons (Fsp3) is 0.667. The van der Waals surface area contributed by atoms with E-state index in [-0.39, 0.29) is 5.60 Å². The first-order chi connectivity index (χ1) is 6.91. The number of nitrogens with zero attached hydrogens (tertiary/aromatic N) is 1. The van der Waals surface area contributed by atoms with E-state index in [2.05, 4.69) is 20.4 Å². The number of hydrogen-bond donors (Lipinski definition) is 2. The highest BCUT2D eigenvalue weighted by atomic mass is 32.1. The van der Waals surface area contributed by atoms with Crippen LogP contribution in [0.5, 0.6) is 0 Å². The third-order valence-electron chi connectivity index (χ3n) is 3.00. The Labute approximate surface area is 86.8 Å². The van der Waals surface area contributed by atoms with Crippen LogP contribution in [0.3, 0.4) is 0 Å². The van der Waals surface area contributed by atoms with Gasteiger partial charge in [0.05, 0.1) is 12.6 Å². The molecule has 1 atom stereocenters. The summed E-state index contributed by atoms with van der Waals surface area (Å²) in [4.78, 5) is 0. The Morgan fingerprint density at radius 2 is 2.50 bits per heavy atom. The molecule has 0 bridgehead atoms. The monoisotopic (exact) mass is 211 g/mol. The van der Waals surface area contributed by atoms with Crippen molar-refractivity contribution < 1.29 is 4.74 Å². The molecule has 0 amide bonds. The van der Waals surface area contributed by atoms with Gasteiger partial charge in [-0.25, -0.2) is 4.37 Å². The minimum Gasteiger partial charge on any atom is -0.369 e. The zero-order valence-corrected chi connectivity index (χ0v) is 8.64. The van der Waals surface area contributed by atoms with Crippen molar-refractivity contribution in [3.05, 3.63) is 17.1 Å². The SMILES string of the molecule is c1nscc1C1NCCOC12CNC2. The summed E-state index contributed by atoms with van der Waals surface area (Å²) >= 11 is 1.50. The van der Waals surface area contributed by atoms with Crippen LogP contribution in [0.25, 0.3) is 0 Å². The Morgan fingerprint density at radius 3 is 3.14 bits per heavy atom. The van der Waals surface area contributed by atoms with E-state index in [1.165, 1.54) is 17.1 Å². The van der Waals surface area contributed by atoms with Crippen LogP contribution in [0.15, 0.2) is 11.6 Å². The summed E-state index contributed by atoms with van der Waals surface area (Å²) in [5, 5.41) is 8.90. The molecule has 1 aromatic rings. The quantitative estimate of drug-likeness (QED) is 0.694. The van der Waals surface area contributed by atoms with Gasteiger partial charge in [-0.1, -0.05) is 0 Å². The molecule has 1 unspecified atom stereocenters. The average Bonchev–Trinajstić information content (AvgIpc) is 2.68. The molecule has 2 aliphatic rings. The average molecular weight is 211 g/mol. The predicted molar refractivity (Wildman–Crippen MR) is 54.4 cm³/mol. The van der Waals surface area contributed by atoms with Gasteiger partial charge in [0, 0.05) is 36.8 Å². The smallest absolute Gasteiger partial charge is 0.112 e. The lowest BCUT2D eigenvalue weighted by Crippen LogP contribution is -2.69. The normalized spacial score (nSPS) is 30.1. The molecule has 0 saturated carbocycles. The maximum atomic E-state index is 5.89. The van der Waals surface area contributed by atoms with Gasteiger partial charge < -0.3 is 15.4 Å². The number of ether oxygens (including phenoxy) is 1. The lowest BCUT2D eigenvalue weighted by Gasteiger charge is -2.50. The molecule has 76 valence electrons. The van der Waals surface area contributed by atoms with Crippen molar-refractivity contribution in [1.82, 2.24) is 15.0 Å². The molecule has 2 fully saturated rings. The third-order valence-corrected chi connectivity index (χ3v) is 3.60. The maximum absolute atomic E-state index is 5.89. The van der Waals surface area contributed by atoms with Crippen molar-refractivity contribution in [3.8, 4) is 0 Å². The van der Waals surface area contributed by atoms with Gasteiger partial charge in [-0.15, -0.1) is 0 Å². The second-order valence-electron chi connectivity index (χ2n) is 3.86. The number of nitrogens with one attached hydrogen (secondary N) is 2. The zero-order valence-electron chi connectivity index (χ0n) is 7.82. The van der Waals surface area contributed by atoms with Crippen LogP contribution in [0.1, 0.15) is 11.6 Å². The minimum absolute atomic E-state index is 0.0129. The maximum Gasteiger partial charge on any atom is 0.112 e. The molecule has 2 aliphatic heterocycles. The lowest BCUT2D eigenvalue weighted by molar-refractivity contribution is -0.128. The van der Waals surface area contributed by atoms with Crippen molar-refractivity contribution in [1.29, 1.82) is 0 Å². The molecule has 14 heavy (non-hydrogen) atoms. The van der Waals surface area contributed by atoms with E-state index in [4.69, 9.17) is 4.74 Å². The Balaban J connectivity index is 1.88. The van der Waals surface area contributed by atoms with Crippen LogP contribution in [-0.2, 0) is 4.74 Å². The number of aromatic nitrogens is 1. The largest absolute Gasteiger partial charge is 0.369 e. The van der Waals surface area contributed by atoms with E-state index < -0.39 is 0 Å². The third kappa shape index (κ3) is 1.20. The highest BCUT2D eigenvalue weighted by molar-refractivity contribution is 7.03. The van der Waals surface area contributed by atoms with E-state index in [1.54, 1.807) is 0 Å². The molecule has 0 aliphatic carbocycles. The summed E-state index contributed by atoms with van der Waals surface area (Å²) < 4.78 is 10.0. The van der Waals surface area contributed by atoms with E-state index in [1.807, 2.05) is 6.20 Å². The number of hydrogen-bond acceptors (Lipinski definition) is 5. The van der Waals surface area contributed by atoms with Gasteiger partial charge in [-0.3, -0.25) is 0 Å². The van der Waals surface area contributed by atoms with Gasteiger partial charge in [-0.05, 0) is 11.5 Å². The van der Waals surface area contributed by atoms with Gasteiger partial charge in [0.2, 0.25) is 0 Å². The summed E-state index contributed by atoms with van der Waals surface area (Å²) in [6, 6.07) is 0.316. The standard InChI is InChI=1S/C9H13N3OS/c1-2-13-9(5-10-6-9)8(11-1)7-3-12-14-4-7/h3-4,8,10-11H,1-2,5-6H2. The second kappa shape index (κ2) is 3.27. The molecule has 2 saturated heterocycles. The van der Waals surface area contributed by atoms with Crippen molar-refractivity contribution in [2.45, 2.75) is 11.6 Å². The van der Waals surface area contributed by atoms with Crippen LogP contribution in [0, 0.1) is 0 Å². The molecule has 0 radical (unpaired) electrons. The van der Waals surface area contributed by atoms with Gasteiger partial charge in [0.25, 0.3) is 0 Å². The van der Waals surface area contributed by atoms with Crippen molar-refractivity contribution in [2.75, 3.05) is 26.2 Å². The topological polar surface area (TPSA) is 46.2 Å². The van der Waals surface area contributed by atoms with E-state index in [0.29, 0.717) is 6.04 Å². The van der Waals surface area contributed by atoms with Crippen LogP contribution < -0.4 is 10.6 Å². The molecule has 3 rings (SSSR count). The lowest BCUT2D eigenvalue weighted by atomic mass is 9.83. The Hall–Kier alpha value is -0.490. The first-order valence-corrected chi connectivity index (χ1v) is 5.72. The van der Waals surface area contributed by atoms with Gasteiger partial charge in [0.15, 0.2) is 0 Å². The van der Waals surface area contributed by atoms with Crippen molar-refractivity contribution >= 4 is 11.5 Å². The first-order valence-electron chi connectivity index (χ1n) is 4.88. The first kappa shape index (κ1) is 8.79. The minimum atomic E-state index is -0.0129. The van der Waals surface area contributed by atoms with Gasteiger partial charge >= 0.3 is 0 Å². The summed E-state index contributed by atoms with van der Waals surface area (Å²) in [5.41, 5.74) is 1.25. The predicted octanol–water partition coefficient (Wildman–Crippen LogP) is 0.146. The van der Waals surface area contributed by atoms with E-state index in [9.17, 15) is 0 Å². The van der Waals surface area contributed by atoms with Crippen LogP contribution in [0.2, 0.25) is 0 Å². The molecular weight excluding hydrogens is 198 g/mol. The number of morpholine rings is 1. The van der Waals surface area contributed by atoms with Gasteiger partial charge in [-0.2, -0.15) is 0 Å². The van der Waals surface area contributed by atoms with Gasteiger partial charge in [0.1, 0.15) is 5.60 Å². The summed E-state index contributed by atoms with van der Waals surface area (Å²) in [6.45, 7) is 3.64. The highest BCUT2D eigenvalue weighted by Gasteiger charge is 2.48. The molecule has 4 nitrogen and oxygen atoms in total. The van der Waals surface area contributed by atoms with Crippen LogP contribution in [-0.4, -0.2) is 36.2 Å². The molecule has 3 heterocycles. The summed E-state index contributed by atoms with van der Waals surface area (Å²) in [6.07, 6.45) is 1.94. The zero-order chi connectivity index (χ0) is 9.43. The molecule has 2 N–H and O–H groups in total. The van der Waals surface area contributed by atoms with E-state index >= 15 is 0 Å². The second-order valence-corrected chi connectivity index (χ2v) is 4.52. The fourth-order valence-corrected chi connectivity index (χ4v) is 2.74. The molecule has 5 heteroatoms. The Morgan fingerprint density at radius 1 is 1.57 bits per heavy atom. The van der Waals surface area contributed by atoms with Crippen LogP contribution in [0.4, 0.5) is 0 Å². The summed E-state index contributed by atoms with van der Waals surface area (Å²) in [5.74, 6) is 0. The van der Waals surface area contributed by atoms with Crippen molar-refractivity contribution in [2.24, 2.45) is 0 Å². The molecular formula is C9H13N3OS. The Kier molecular flexibility index (Phi) is 2.05. The number of rotatable bonds is 1.